The van der Waals surface area contributed by atoms with Gasteiger partial charge in [-0.15, -0.1) is 11.3 Å². The Morgan fingerprint density at radius 3 is 3.12 bits per heavy atom. The lowest BCUT2D eigenvalue weighted by Crippen LogP contribution is -2.14. The second-order valence-corrected chi connectivity index (χ2v) is 5.40. The van der Waals surface area contributed by atoms with E-state index in [9.17, 15) is 5.11 Å². The van der Waals surface area contributed by atoms with Crippen LogP contribution in [-0.2, 0) is 5.75 Å². The molecule has 2 aromatic heterocycles. The van der Waals surface area contributed by atoms with Gasteiger partial charge in [-0.25, -0.2) is 4.98 Å². The van der Waals surface area contributed by atoms with Crippen molar-refractivity contribution in [2.24, 2.45) is 0 Å². The van der Waals surface area contributed by atoms with Crippen molar-refractivity contribution >= 4 is 23.1 Å². The summed E-state index contributed by atoms with van der Waals surface area (Å²) in [6.07, 6.45) is 2.65. The molecule has 2 N–H and O–H groups in total. The second kappa shape index (κ2) is 6.20. The number of thiazole rings is 1. The van der Waals surface area contributed by atoms with Gasteiger partial charge in [0.25, 0.3) is 0 Å². The van der Waals surface area contributed by atoms with Crippen LogP contribution in [0.5, 0.6) is 0 Å². The summed E-state index contributed by atoms with van der Waals surface area (Å²) in [6, 6.07) is 1.88. The van der Waals surface area contributed by atoms with Gasteiger partial charge in [0, 0.05) is 22.4 Å². The lowest BCUT2D eigenvalue weighted by molar-refractivity contribution is 0.113. The SMILES string of the molecule is OC[C@@H](O)CSCc1csc(-c2ccoc2)n1. The van der Waals surface area contributed by atoms with Gasteiger partial charge in [0.05, 0.1) is 24.7 Å². The molecule has 0 aromatic carbocycles. The van der Waals surface area contributed by atoms with Gasteiger partial charge in [-0.2, -0.15) is 11.8 Å². The van der Waals surface area contributed by atoms with Crippen LogP contribution in [-0.4, -0.2) is 33.7 Å². The van der Waals surface area contributed by atoms with Crippen LogP contribution in [0.2, 0.25) is 0 Å². The van der Waals surface area contributed by atoms with Gasteiger partial charge >= 0.3 is 0 Å². The molecule has 0 fully saturated rings. The fourth-order valence-corrected chi connectivity index (χ4v) is 3.01. The molecule has 4 nitrogen and oxygen atoms in total. The molecule has 2 aromatic rings. The summed E-state index contributed by atoms with van der Waals surface area (Å²) in [4.78, 5) is 4.47. The molecule has 17 heavy (non-hydrogen) atoms. The van der Waals surface area contributed by atoms with E-state index in [2.05, 4.69) is 4.98 Å². The Bertz CT molecular complexity index is 441. The second-order valence-electron chi connectivity index (χ2n) is 3.51. The number of hydrogen-bond donors (Lipinski definition) is 2. The summed E-state index contributed by atoms with van der Waals surface area (Å²) < 4.78 is 5.01. The Morgan fingerprint density at radius 1 is 1.53 bits per heavy atom. The van der Waals surface area contributed by atoms with Gasteiger partial charge in [0.2, 0.25) is 0 Å². The highest BCUT2D eigenvalue weighted by Crippen LogP contribution is 2.25. The van der Waals surface area contributed by atoms with Crippen LogP contribution >= 0.6 is 23.1 Å². The molecule has 2 heterocycles. The standard InChI is InChI=1S/C11H13NO3S2/c13-3-10(14)7-16-5-9-6-17-11(12-9)8-1-2-15-4-8/h1-2,4,6,10,13-14H,3,5,7H2/t10-/m1/s1. The summed E-state index contributed by atoms with van der Waals surface area (Å²) in [5.74, 6) is 1.26. The molecule has 0 aliphatic heterocycles. The minimum Gasteiger partial charge on any atom is -0.472 e. The summed E-state index contributed by atoms with van der Waals surface area (Å²) in [7, 11) is 0. The predicted octanol–water partition coefficient (Wildman–Crippen LogP) is 1.99. The minimum atomic E-state index is -0.646. The van der Waals surface area contributed by atoms with E-state index in [-0.39, 0.29) is 6.61 Å². The third-order valence-corrected chi connectivity index (χ3v) is 4.15. The monoisotopic (exact) mass is 271 g/mol. The van der Waals surface area contributed by atoms with Crippen molar-refractivity contribution in [2.45, 2.75) is 11.9 Å². The summed E-state index contributed by atoms with van der Waals surface area (Å²) >= 11 is 3.14. The molecule has 92 valence electrons. The third-order valence-electron chi connectivity index (χ3n) is 2.09. The Labute approximate surface area is 107 Å². The summed E-state index contributed by atoms with van der Waals surface area (Å²) in [5.41, 5.74) is 1.97. The highest BCUT2D eigenvalue weighted by molar-refractivity contribution is 7.98. The number of nitrogens with zero attached hydrogens (tertiary/aromatic N) is 1. The van der Waals surface area contributed by atoms with Crippen molar-refractivity contribution in [2.75, 3.05) is 12.4 Å². The third kappa shape index (κ3) is 3.57. The topological polar surface area (TPSA) is 66.5 Å². The Morgan fingerprint density at radius 2 is 2.41 bits per heavy atom. The van der Waals surface area contributed by atoms with Crippen LogP contribution in [0.15, 0.2) is 28.4 Å². The largest absolute Gasteiger partial charge is 0.472 e. The molecule has 0 saturated carbocycles. The predicted molar refractivity (Wildman–Crippen MR) is 69.1 cm³/mol. The van der Waals surface area contributed by atoms with Gasteiger partial charge < -0.3 is 14.6 Å². The average Bonchev–Trinajstić information content (AvgIpc) is 2.98. The van der Waals surface area contributed by atoms with Crippen LogP contribution in [0.1, 0.15) is 5.69 Å². The number of aliphatic hydroxyl groups excluding tert-OH is 2. The average molecular weight is 271 g/mol. The van der Waals surface area contributed by atoms with E-state index in [0.717, 1.165) is 22.0 Å². The maximum atomic E-state index is 9.19. The maximum absolute atomic E-state index is 9.19. The minimum absolute atomic E-state index is 0.190. The van der Waals surface area contributed by atoms with Gasteiger partial charge in [0.15, 0.2) is 0 Å². The van der Waals surface area contributed by atoms with E-state index in [1.807, 2.05) is 11.4 Å². The number of aromatic nitrogens is 1. The van der Waals surface area contributed by atoms with E-state index in [4.69, 9.17) is 9.52 Å². The molecule has 0 spiro atoms. The van der Waals surface area contributed by atoms with Gasteiger partial charge in [0.1, 0.15) is 11.3 Å². The van der Waals surface area contributed by atoms with E-state index >= 15 is 0 Å². The maximum Gasteiger partial charge on any atom is 0.126 e. The Kier molecular flexibility index (Phi) is 4.61. The number of rotatable bonds is 6. The lowest BCUT2D eigenvalue weighted by atomic mass is 10.4. The van der Waals surface area contributed by atoms with E-state index in [1.54, 1.807) is 35.6 Å². The molecule has 0 amide bonds. The fourth-order valence-electron chi connectivity index (χ4n) is 1.24. The Hall–Kier alpha value is -0.820. The van der Waals surface area contributed by atoms with Crippen molar-refractivity contribution in [3.05, 3.63) is 29.7 Å². The quantitative estimate of drug-likeness (QED) is 0.841. The molecular formula is C11H13NO3S2. The molecule has 0 unspecified atom stereocenters. The smallest absolute Gasteiger partial charge is 0.126 e. The molecule has 0 radical (unpaired) electrons. The van der Waals surface area contributed by atoms with E-state index in [1.165, 1.54) is 0 Å². The van der Waals surface area contributed by atoms with Crippen molar-refractivity contribution in [3.63, 3.8) is 0 Å². The van der Waals surface area contributed by atoms with Crippen LogP contribution < -0.4 is 0 Å². The first-order valence-electron chi connectivity index (χ1n) is 5.13. The summed E-state index contributed by atoms with van der Waals surface area (Å²) in [5, 5.41) is 20.8. The van der Waals surface area contributed by atoms with Crippen molar-refractivity contribution < 1.29 is 14.6 Å². The lowest BCUT2D eigenvalue weighted by Gasteiger charge is -2.04. The van der Waals surface area contributed by atoms with E-state index in [0.29, 0.717) is 5.75 Å². The zero-order valence-electron chi connectivity index (χ0n) is 9.07. The van der Waals surface area contributed by atoms with Crippen molar-refractivity contribution in [3.8, 4) is 10.6 Å². The first kappa shape index (κ1) is 12.6. The van der Waals surface area contributed by atoms with Crippen LogP contribution in [0.25, 0.3) is 10.6 Å². The van der Waals surface area contributed by atoms with Crippen molar-refractivity contribution in [1.82, 2.24) is 4.98 Å². The first-order chi connectivity index (χ1) is 8.29. The molecule has 0 aliphatic rings. The van der Waals surface area contributed by atoms with Crippen LogP contribution in [0.4, 0.5) is 0 Å². The van der Waals surface area contributed by atoms with Crippen LogP contribution in [0, 0.1) is 0 Å². The zero-order valence-corrected chi connectivity index (χ0v) is 10.7. The van der Waals surface area contributed by atoms with Gasteiger partial charge in [-0.3, -0.25) is 0 Å². The normalized spacial score (nSPS) is 12.8. The molecule has 0 aliphatic carbocycles. The number of aliphatic hydroxyl groups is 2. The number of hydrogen-bond acceptors (Lipinski definition) is 6. The highest BCUT2D eigenvalue weighted by Gasteiger charge is 2.07. The fraction of sp³-hybridized carbons (Fsp3) is 0.364. The Balaban J connectivity index is 1.87. The molecule has 0 bridgehead atoms. The number of thioether (sulfide) groups is 1. The van der Waals surface area contributed by atoms with Gasteiger partial charge in [-0.05, 0) is 6.07 Å². The molecular weight excluding hydrogens is 258 g/mol. The molecule has 2 rings (SSSR count). The number of furan rings is 1. The van der Waals surface area contributed by atoms with Gasteiger partial charge in [-0.1, -0.05) is 0 Å². The zero-order chi connectivity index (χ0) is 12.1. The first-order valence-corrected chi connectivity index (χ1v) is 7.16. The molecule has 0 saturated heterocycles. The highest BCUT2D eigenvalue weighted by atomic mass is 32.2. The summed E-state index contributed by atoms with van der Waals surface area (Å²) in [6.45, 7) is -0.190. The van der Waals surface area contributed by atoms with E-state index < -0.39 is 6.10 Å². The van der Waals surface area contributed by atoms with Crippen LogP contribution in [0.3, 0.4) is 0 Å². The van der Waals surface area contributed by atoms with Crippen molar-refractivity contribution in [1.29, 1.82) is 0 Å². The molecule has 1 atom stereocenters. The molecule has 6 heteroatoms.